The Balaban J connectivity index is 1.69. The summed E-state index contributed by atoms with van der Waals surface area (Å²) in [5, 5.41) is 1.31. The van der Waals surface area contributed by atoms with Crippen molar-refractivity contribution in [2.24, 2.45) is 0 Å². The molecule has 0 amide bonds. The van der Waals surface area contributed by atoms with E-state index in [4.69, 9.17) is 23.2 Å². The summed E-state index contributed by atoms with van der Waals surface area (Å²) in [5.74, 6) is 0.0688. The summed E-state index contributed by atoms with van der Waals surface area (Å²) >= 11 is 12.3. The van der Waals surface area contributed by atoms with Crippen LogP contribution >= 0.6 is 23.2 Å². The standard InChI is InChI=1S/C26H21Cl2NO/c27-24-10-4-8-20(14-24)12-22-17-29(16-19-6-2-1-3-7-19)18-23(26(22)30)13-21-9-5-11-25(28)15-21/h1-15H,16-18H2/b22-12+,23-13+. The van der Waals surface area contributed by atoms with Crippen molar-refractivity contribution in [3.63, 3.8) is 0 Å². The average Bonchev–Trinajstić information content (AvgIpc) is 2.72. The molecule has 150 valence electrons. The predicted octanol–water partition coefficient (Wildman–Crippen LogP) is 6.55. The number of benzene rings is 3. The van der Waals surface area contributed by atoms with Gasteiger partial charge in [-0.2, -0.15) is 0 Å². The van der Waals surface area contributed by atoms with Gasteiger partial charge in [0.15, 0.2) is 5.78 Å². The zero-order valence-corrected chi connectivity index (χ0v) is 17.9. The van der Waals surface area contributed by atoms with Gasteiger partial charge in [-0.1, -0.05) is 77.8 Å². The molecule has 3 aromatic rings. The maximum atomic E-state index is 13.3. The molecule has 0 aromatic heterocycles. The number of carbonyl (C=O) groups is 1. The van der Waals surface area contributed by atoms with Crippen LogP contribution in [0.5, 0.6) is 0 Å². The molecule has 1 aliphatic heterocycles. The molecule has 0 unspecified atom stereocenters. The fourth-order valence-corrected chi connectivity index (χ4v) is 4.06. The Kier molecular flexibility index (Phi) is 6.49. The second-order valence-corrected chi connectivity index (χ2v) is 8.28. The molecular weight excluding hydrogens is 413 g/mol. The van der Waals surface area contributed by atoms with E-state index in [1.165, 1.54) is 5.56 Å². The lowest BCUT2D eigenvalue weighted by Crippen LogP contribution is -2.37. The van der Waals surface area contributed by atoms with Crippen molar-refractivity contribution in [2.45, 2.75) is 6.54 Å². The summed E-state index contributed by atoms with van der Waals surface area (Å²) < 4.78 is 0. The van der Waals surface area contributed by atoms with Crippen LogP contribution in [0.25, 0.3) is 12.2 Å². The van der Waals surface area contributed by atoms with Gasteiger partial charge in [-0.3, -0.25) is 9.69 Å². The Labute approximate surface area is 187 Å². The van der Waals surface area contributed by atoms with Crippen molar-refractivity contribution in [1.29, 1.82) is 0 Å². The molecule has 0 spiro atoms. The Morgan fingerprint density at radius 1 is 0.733 bits per heavy atom. The molecule has 0 bridgehead atoms. The van der Waals surface area contributed by atoms with Gasteiger partial charge in [0.1, 0.15) is 0 Å². The third kappa shape index (κ3) is 5.28. The number of ketones is 1. The van der Waals surface area contributed by atoms with Crippen LogP contribution in [0, 0.1) is 0 Å². The first-order chi connectivity index (χ1) is 14.6. The monoisotopic (exact) mass is 433 g/mol. The van der Waals surface area contributed by atoms with E-state index in [1.807, 2.05) is 78.9 Å². The summed E-state index contributed by atoms with van der Waals surface area (Å²) in [5.41, 5.74) is 4.58. The molecule has 0 atom stereocenters. The number of halogens is 2. The van der Waals surface area contributed by atoms with Crippen LogP contribution in [0.15, 0.2) is 90.0 Å². The summed E-state index contributed by atoms with van der Waals surface area (Å²) in [6, 6.07) is 25.4. The molecule has 0 radical (unpaired) electrons. The highest BCUT2D eigenvalue weighted by atomic mass is 35.5. The minimum absolute atomic E-state index is 0.0688. The van der Waals surface area contributed by atoms with E-state index in [0.717, 1.165) is 28.8 Å². The Bertz CT molecular complexity index is 1050. The summed E-state index contributed by atoms with van der Waals surface area (Å²) in [6.45, 7) is 1.95. The van der Waals surface area contributed by atoms with Gasteiger partial charge in [0, 0.05) is 40.8 Å². The number of hydrogen-bond acceptors (Lipinski definition) is 2. The smallest absolute Gasteiger partial charge is 0.187 e. The first-order valence-corrected chi connectivity index (χ1v) is 10.6. The number of hydrogen-bond donors (Lipinski definition) is 0. The summed E-state index contributed by atoms with van der Waals surface area (Å²) in [7, 11) is 0. The molecule has 1 heterocycles. The van der Waals surface area contributed by atoms with Gasteiger partial charge in [0.25, 0.3) is 0 Å². The lowest BCUT2D eigenvalue weighted by Gasteiger charge is -2.30. The first kappa shape index (κ1) is 20.6. The van der Waals surface area contributed by atoms with Gasteiger partial charge in [0.2, 0.25) is 0 Å². The molecule has 4 heteroatoms. The fourth-order valence-electron chi connectivity index (χ4n) is 3.66. The molecule has 3 aromatic carbocycles. The van der Waals surface area contributed by atoms with Gasteiger partial charge in [0.05, 0.1) is 0 Å². The summed E-state index contributed by atoms with van der Waals surface area (Å²) in [4.78, 5) is 15.6. The van der Waals surface area contributed by atoms with Crippen molar-refractivity contribution >= 4 is 41.1 Å². The van der Waals surface area contributed by atoms with Crippen LogP contribution in [0.3, 0.4) is 0 Å². The van der Waals surface area contributed by atoms with Crippen molar-refractivity contribution in [3.05, 3.63) is 117 Å². The van der Waals surface area contributed by atoms with E-state index < -0.39 is 0 Å². The van der Waals surface area contributed by atoms with Crippen LogP contribution in [0.1, 0.15) is 16.7 Å². The lowest BCUT2D eigenvalue weighted by molar-refractivity contribution is -0.113. The van der Waals surface area contributed by atoms with Gasteiger partial charge in [-0.15, -0.1) is 0 Å². The molecule has 4 rings (SSSR count). The molecule has 0 saturated carbocycles. The van der Waals surface area contributed by atoms with Crippen molar-refractivity contribution in [3.8, 4) is 0 Å². The van der Waals surface area contributed by atoms with Crippen molar-refractivity contribution < 1.29 is 4.79 Å². The normalized spacial score (nSPS) is 17.6. The minimum atomic E-state index is 0.0688. The third-order valence-electron chi connectivity index (χ3n) is 5.00. The number of Topliss-reactive ketones (excluding diaryl/α,β-unsaturated/α-hetero) is 1. The maximum absolute atomic E-state index is 13.3. The third-order valence-corrected chi connectivity index (χ3v) is 5.47. The zero-order chi connectivity index (χ0) is 20.9. The number of likely N-dealkylation sites (tertiary alicyclic amines) is 1. The molecule has 2 nitrogen and oxygen atoms in total. The molecule has 1 fully saturated rings. The highest BCUT2D eigenvalue weighted by Gasteiger charge is 2.26. The number of carbonyl (C=O) groups excluding carboxylic acids is 1. The van der Waals surface area contributed by atoms with Crippen LogP contribution in [0.4, 0.5) is 0 Å². The molecular formula is C26H21Cl2NO. The van der Waals surface area contributed by atoms with Crippen LogP contribution < -0.4 is 0 Å². The number of rotatable bonds is 4. The SMILES string of the molecule is O=C1/C(=C/c2cccc(Cl)c2)CN(Cc2ccccc2)C/C1=C\c1cccc(Cl)c1. The highest BCUT2D eigenvalue weighted by Crippen LogP contribution is 2.25. The van der Waals surface area contributed by atoms with Gasteiger partial charge in [-0.05, 0) is 53.1 Å². The van der Waals surface area contributed by atoms with Crippen molar-refractivity contribution in [2.75, 3.05) is 13.1 Å². The van der Waals surface area contributed by atoms with Crippen LogP contribution in [-0.2, 0) is 11.3 Å². The second-order valence-electron chi connectivity index (χ2n) is 7.41. The largest absolute Gasteiger partial charge is 0.290 e. The zero-order valence-electron chi connectivity index (χ0n) is 16.4. The van der Waals surface area contributed by atoms with Gasteiger partial charge >= 0.3 is 0 Å². The van der Waals surface area contributed by atoms with Crippen LogP contribution in [-0.4, -0.2) is 23.8 Å². The van der Waals surface area contributed by atoms with Gasteiger partial charge < -0.3 is 0 Å². The minimum Gasteiger partial charge on any atom is -0.290 e. The molecule has 1 saturated heterocycles. The van der Waals surface area contributed by atoms with E-state index >= 15 is 0 Å². The predicted molar refractivity (Wildman–Crippen MR) is 126 cm³/mol. The Hall–Kier alpha value is -2.65. The quantitative estimate of drug-likeness (QED) is 0.435. The molecule has 0 N–H and O–H groups in total. The topological polar surface area (TPSA) is 20.3 Å². The fraction of sp³-hybridized carbons (Fsp3) is 0.115. The average molecular weight is 434 g/mol. The molecule has 1 aliphatic rings. The van der Waals surface area contributed by atoms with Gasteiger partial charge in [-0.25, -0.2) is 0 Å². The van der Waals surface area contributed by atoms with E-state index in [2.05, 4.69) is 17.0 Å². The second kappa shape index (κ2) is 9.44. The van der Waals surface area contributed by atoms with E-state index in [1.54, 1.807) is 0 Å². The maximum Gasteiger partial charge on any atom is 0.187 e. The van der Waals surface area contributed by atoms with Crippen LogP contribution in [0.2, 0.25) is 10.0 Å². The van der Waals surface area contributed by atoms with Crippen molar-refractivity contribution in [1.82, 2.24) is 4.90 Å². The lowest BCUT2D eigenvalue weighted by atomic mass is 9.94. The molecule has 0 aliphatic carbocycles. The summed E-state index contributed by atoms with van der Waals surface area (Å²) in [6.07, 6.45) is 3.88. The highest BCUT2D eigenvalue weighted by molar-refractivity contribution is 6.31. The molecule has 30 heavy (non-hydrogen) atoms. The Morgan fingerprint density at radius 3 is 1.77 bits per heavy atom. The van der Waals surface area contributed by atoms with E-state index in [-0.39, 0.29) is 5.78 Å². The Morgan fingerprint density at radius 2 is 1.27 bits per heavy atom. The first-order valence-electron chi connectivity index (χ1n) is 9.80. The van der Waals surface area contributed by atoms with E-state index in [0.29, 0.717) is 23.1 Å². The van der Waals surface area contributed by atoms with E-state index in [9.17, 15) is 4.79 Å². The number of nitrogens with zero attached hydrogens (tertiary/aromatic N) is 1. The number of piperidine rings is 1.